The Morgan fingerprint density at radius 1 is 0.676 bits per heavy atom. The molecule has 6 N–H and O–H groups in total. The van der Waals surface area contributed by atoms with E-state index in [1.54, 1.807) is 0 Å². The second-order valence-corrected chi connectivity index (χ2v) is 9.07. The lowest BCUT2D eigenvalue weighted by Crippen LogP contribution is -2.41. The molecular formula is C25H47N3O6. The summed E-state index contributed by atoms with van der Waals surface area (Å²) in [6.07, 6.45) is 14.8. The average Bonchev–Trinajstić information content (AvgIpc) is 2.79. The SMILES string of the molecule is CCCCCCCCCCCCCC(=O)NC(CCC(=O)NCCCCC(N)C(=O)O)C(=O)O. The first-order chi connectivity index (χ1) is 16.3. The molecule has 0 aromatic carbocycles. The minimum Gasteiger partial charge on any atom is -0.480 e. The van der Waals surface area contributed by atoms with Crippen LogP contribution in [-0.4, -0.2) is 52.6 Å². The Morgan fingerprint density at radius 2 is 1.24 bits per heavy atom. The lowest BCUT2D eigenvalue weighted by molar-refractivity contribution is -0.142. The Kier molecular flexibility index (Phi) is 20.0. The molecule has 9 heteroatoms. The van der Waals surface area contributed by atoms with Gasteiger partial charge in [0.2, 0.25) is 11.8 Å². The lowest BCUT2D eigenvalue weighted by Gasteiger charge is -2.14. The summed E-state index contributed by atoms with van der Waals surface area (Å²) < 4.78 is 0. The number of carboxylic acid groups (broad SMARTS) is 2. The van der Waals surface area contributed by atoms with Gasteiger partial charge in [0, 0.05) is 19.4 Å². The molecule has 0 aliphatic heterocycles. The van der Waals surface area contributed by atoms with Crippen molar-refractivity contribution in [2.45, 2.75) is 128 Å². The molecule has 0 heterocycles. The third kappa shape index (κ3) is 19.3. The molecule has 0 fully saturated rings. The van der Waals surface area contributed by atoms with E-state index in [9.17, 15) is 24.3 Å². The zero-order valence-corrected chi connectivity index (χ0v) is 21.0. The Labute approximate surface area is 204 Å². The van der Waals surface area contributed by atoms with Crippen molar-refractivity contribution in [2.75, 3.05) is 6.54 Å². The minimum atomic E-state index is -1.15. The summed E-state index contributed by atoms with van der Waals surface area (Å²) in [5, 5.41) is 23.2. The molecule has 0 spiro atoms. The predicted molar refractivity (Wildman–Crippen MR) is 132 cm³/mol. The van der Waals surface area contributed by atoms with Crippen LogP contribution >= 0.6 is 0 Å². The first kappa shape index (κ1) is 31.8. The van der Waals surface area contributed by atoms with E-state index in [0.717, 1.165) is 19.3 Å². The third-order valence-corrected chi connectivity index (χ3v) is 5.88. The number of rotatable bonds is 23. The molecule has 0 bridgehead atoms. The molecule has 2 atom stereocenters. The second-order valence-electron chi connectivity index (χ2n) is 9.07. The Bertz CT molecular complexity index is 585. The van der Waals surface area contributed by atoms with Crippen molar-refractivity contribution in [3.05, 3.63) is 0 Å². The zero-order valence-electron chi connectivity index (χ0n) is 21.0. The highest BCUT2D eigenvalue weighted by atomic mass is 16.4. The predicted octanol–water partition coefficient (Wildman–Crippen LogP) is 3.74. The number of hydrogen-bond donors (Lipinski definition) is 5. The fourth-order valence-electron chi connectivity index (χ4n) is 3.68. The minimum absolute atomic E-state index is 0.00959. The second kappa shape index (κ2) is 21.4. The molecule has 0 radical (unpaired) electrons. The molecule has 9 nitrogen and oxygen atoms in total. The quantitative estimate of drug-likeness (QED) is 0.138. The summed E-state index contributed by atoms with van der Waals surface area (Å²) in [6.45, 7) is 2.59. The molecule has 0 rings (SSSR count). The van der Waals surface area contributed by atoms with Gasteiger partial charge in [-0.1, -0.05) is 71.1 Å². The van der Waals surface area contributed by atoms with Gasteiger partial charge < -0.3 is 26.6 Å². The van der Waals surface area contributed by atoms with Gasteiger partial charge in [-0.25, -0.2) is 4.79 Å². The maximum atomic E-state index is 12.1. The van der Waals surface area contributed by atoms with Gasteiger partial charge in [-0.05, 0) is 32.1 Å². The van der Waals surface area contributed by atoms with Crippen LogP contribution in [0.15, 0.2) is 0 Å². The van der Waals surface area contributed by atoms with E-state index in [0.29, 0.717) is 32.2 Å². The van der Waals surface area contributed by atoms with Crippen molar-refractivity contribution in [1.82, 2.24) is 10.6 Å². The van der Waals surface area contributed by atoms with Crippen LogP contribution in [0.3, 0.4) is 0 Å². The number of amides is 2. The number of carbonyl (C=O) groups excluding carboxylic acids is 2. The maximum absolute atomic E-state index is 12.1. The van der Waals surface area contributed by atoms with E-state index >= 15 is 0 Å². The number of nitrogens with two attached hydrogens (primary N) is 1. The van der Waals surface area contributed by atoms with Crippen LogP contribution in [0.5, 0.6) is 0 Å². The average molecular weight is 486 g/mol. The van der Waals surface area contributed by atoms with Crippen LogP contribution in [0.1, 0.15) is 116 Å². The van der Waals surface area contributed by atoms with Gasteiger partial charge in [0.25, 0.3) is 0 Å². The van der Waals surface area contributed by atoms with Crippen LogP contribution in [-0.2, 0) is 19.2 Å². The summed E-state index contributed by atoms with van der Waals surface area (Å²) in [4.78, 5) is 46.0. The van der Waals surface area contributed by atoms with Crippen LogP contribution < -0.4 is 16.4 Å². The Balaban J connectivity index is 3.84. The molecule has 0 aromatic rings. The van der Waals surface area contributed by atoms with Crippen molar-refractivity contribution in [3.8, 4) is 0 Å². The summed E-state index contributed by atoms with van der Waals surface area (Å²) in [5.74, 6) is -2.79. The topological polar surface area (TPSA) is 159 Å². The fraction of sp³-hybridized carbons (Fsp3) is 0.840. The fourth-order valence-corrected chi connectivity index (χ4v) is 3.68. The van der Waals surface area contributed by atoms with Crippen molar-refractivity contribution < 1.29 is 29.4 Å². The molecule has 0 aliphatic carbocycles. The summed E-state index contributed by atoms with van der Waals surface area (Å²) >= 11 is 0. The highest BCUT2D eigenvalue weighted by molar-refractivity contribution is 5.84. The van der Waals surface area contributed by atoms with E-state index < -0.39 is 24.0 Å². The largest absolute Gasteiger partial charge is 0.480 e. The van der Waals surface area contributed by atoms with Gasteiger partial charge in [-0.2, -0.15) is 0 Å². The first-order valence-electron chi connectivity index (χ1n) is 13.0. The van der Waals surface area contributed by atoms with Gasteiger partial charge in [-0.3, -0.25) is 14.4 Å². The van der Waals surface area contributed by atoms with Crippen LogP contribution in [0.4, 0.5) is 0 Å². The van der Waals surface area contributed by atoms with E-state index in [1.165, 1.54) is 51.4 Å². The Hall–Kier alpha value is -2.16. The highest BCUT2D eigenvalue weighted by Gasteiger charge is 2.20. The molecule has 2 amide bonds. The number of hydrogen-bond acceptors (Lipinski definition) is 5. The van der Waals surface area contributed by atoms with Crippen molar-refractivity contribution >= 4 is 23.8 Å². The molecule has 0 saturated carbocycles. The van der Waals surface area contributed by atoms with Gasteiger partial charge in [0.1, 0.15) is 12.1 Å². The van der Waals surface area contributed by atoms with Crippen molar-refractivity contribution in [2.24, 2.45) is 5.73 Å². The van der Waals surface area contributed by atoms with Gasteiger partial charge >= 0.3 is 11.9 Å². The van der Waals surface area contributed by atoms with Crippen LogP contribution in [0.2, 0.25) is 0 Å². The normalized spacial score (nSPS) is 12.6. The summed E-state index contributed by atoms with van der Waals surface area (Å²) in [5.41, 5.74) is 5.41. The maximum Gasteiger partial charge on any atom is 0.326 e. The van der Waals surface area contributed by atoms with E-state index in [4.69, 9.17) is 10.8 Å². The van der Waals surface area contributed by atoms with E-state index in [1.807, 2.05) is 0 Å². The highest BCUT2D eigenvalue weighted by Crippen LogP contribution is 2.12. The van der Waals surface area contributed by atoms with Gasteiger partial charge in [0.15, 0.2) is 0 Å². The standard InChI is InChI=1S/C25H47N3O6/c1-2-3-4-5-6-7-8-9-10-11-12-16-23(30)28-21(25(33)34)17-18-22(29)27-19-14-13-15-20(26)24(31)32/h20-21H,2-19,26H2,1H3,(H,27,29)(H,28,30)(H,31,32)(H,33,34). The van der Waals surface area contributed by atoms with Gasteiger partial charge in [0.05, 0.1) is 0 Å². The first-order valence-corrected chi connectivity index (χ1v) is 13.0. The smallest absolute Gasteiger partial charge is 0.326 e. The molecule has 0 saturated heterocycles. The number of carboxylic acids is 2. The van der Waals surface area contributed by atoms with E-state index in [-0.39, 0.29) is 24.7 Å². The third-order valence-electron chi connectivity index (χ3n) is 5.88. The van der Waals surface area contributed by atoms with Crippen molar-refractivity contribution in [3.63, 3.8) is 0 Å². The zero-order chi connectivity index (χ0) is 25.6. The van der Waals surface area contributed by atoms with E-state index in [2.05, 4.69) is 17.6 Å². The number of carbonyl (C=O) groups is 4. The molecule has 2 unspecified atom stereocenters. The number of unbranched alkanes of at least 4 members (excludes halogenated alkanes) is 11. The molecule has 34 heavy (non-hydrogen) atoms. The summed E-state index contributed by atoms with van der Waals surface area (Å²) in [7, 11) is 0. The molecule has 0 aromatic heterocycles. The molecular weight excluding hydrogens is 438 g/mol. The van der Waals surface area contributed by atoms with Gasteiger partial charge in [-0.15, -0.1) is 0 Å². The van der Waals surface area contributed by atoms with Crippen molar-refractivity contribution in [1.29, 1.82) is 0 Å². The Morgan fingerprint density at radius 3 is 1.76 bits per heavy atom. The molecule has 198 valence electrons. The monoisotopic (exact) mass is 485 g/mol. The van der Waals surface area contributed by atoms with Crippen LogP contribution in [0, 0.1) is 0 Å². The molecule has 0 aliphatic rings. The number of aliphatic carboxylic acids is 2. The van der Waals surface area contributed by atoms with Crippen LogP contribution in [0.25, 0.3) is 0 Å². The number of nitrogens with one attached hydrogen (secondary N) is 2. The lowest BCUT2D eigenvalue weighted by atomic mass is 10.0. The summed E-state index contributed by atoms with van der Waals surface area (Å²) in [6, 6.07) is -1.99.